The van der Waals surface area contributed by atoms with E-state index in [9.17, 15) is 24.0 Å². The molecular formula is C17H25N6O5-. The number of carbonyl (C=O) groups is 5. The number of fused-ring (bicyclic) bond motifs is 1. The summed E-state index contributed by atoms with van der Waals surface area (Å²) in [5.41, 5.74) is 8.61. The van der Waals surface area contributed by atoms with Gasteiger partial charge < -0.3 is 21.3 Å². The molecule has 11 nitrogen and oxygen atoms in total. The van der Waals surface area contributed by atoms with Crippen LogP contribution in [0.5, 0.6) is 0 Å². The molecule has 2 fully saturated rings. The fourth-order valence-corrected chi connectivity index (χ4v) is 3.52. The zero-order chi connectivity index (χ0) is 20.8. The summed E-state index contributed by atoms with van der Waals surface area (Å²) in [6.07, 6.45) is 1.12. The first-order chi connectivity index (χ1) is 13.3. The number of rotatable bonds is 8. The average Bonchev–Trinajstić information content (AvgIpc) is 2.78. The Morgan fingerprint density at radius 3 is 2.61 bits per heavy atom. The zero-order valence-corrected chi connectivity index (χ0v) is 16.0. The second-order valence-corrected chi connectivity index (χ2v) is 6.97. The van der Waals surface area contributed by atoms with Crippen molar-refractivity contribution in [2.75, 3.05) is 20.1 Å². The van der Waals surface area contributed by atoms with E-state index in [2.05, 4.69) is 15.7 Å². The summed E-state index contributed by atoms with van der Waals surface area (Å²) in [6.45, 7) is 1.06. The van der Waals surface area contributed by atoms with E-state index in [4.69, 9.17) is 5.53 Å². The highest BCUT2D eigenvalue weighted by Crippen LogP contribution is 2.25. The summed E-state index contributed by atoms with van der Waals surface area (Å²) in [6, 6.07) is -2.72. The third-order valence-electron chi connectivity index (χ3n) is 4.94. The van der Waals surface area contributed by atoms with E-state index in [0.29, 0.717) is 25.8 Å². The van der Waals surface area contributed by atoms with Crippen molar-refractivity contribution in [2.45, 2.75) is 57.2 Å². The van der Waals surface area contributed by atoms with E-state index in [1.54, 1.807) is 7.05 Å². The van der Waals surface area contributed by atoms with Gasteiger partial charge in [0, 0.05) is 19.4 Å². The fraction of sp³-hybridized carbons (Fsp3) is 0.706. The van der Waals surface area contributed by atoms with Crippen LogP contribution in [-0.2, 0) is 24.0 Å². The SMILES string of the molecule is CN[C@H]1CCC(=O)N2CCC[C@@H](C(=O)N[C@@H](CC(C)=O)C(=O)CN=[N-])N2C1=O. The lowest BCUT2D eigenvalue weighted by molar-refractivity contribution is -0.176. The molecule has 0 unspecified atom stereocenters. The predicted octanol–water partition coefficient (Wildman–Crippen LogP) is -0.843. The Morgan fingerprint density at radius 1 is 1.29 bits per heavy atom. The van der Waals surface area contributed by atoms with E-state index >= 15 is 0 Å². The number of hydrogen-bond donors (Lipinski definition) is 2. The van der Waals surface area contributed by atoms with Crippen LogP contribution in [0.15, 0.2) is 5.11 Å². The lowest BCUT2D eigenvalue weighted by Crippen LogP contribution is -2.64. The highest BCUT2D eigenvalue weighted by atomic mass is 16.2. The van der Waals surface area contributed by atoms with E-state index in [1.165, 1.54) is 16.9 Å². The van der Waals surface area contributed by atoms with Crippen LogP contribution in [0.4, 0.5) is 0 Å². The highest BCUT2D eigenvalue weighted by molar-refractivity contribution is 5.97. The van der Waals surface area contributed by atoms with Gasteiger partial charge in [-0.3, -0.25) is 29.0 Å². The summed E-state index contributed by atoms with van der Waals surface area (Å²) in [5.74, 6) is -2.18. The third kappa shape index (κ3) is 4.77. The Bertz CT molecular complexity index is 681. The topological polar surface area (TPSA) is 151 Å². The quantitative estimate of drug-likeness (QED) is 0.513. The van der Waals surface area contributed by atoms with Crippen LogP contribution in [0, 0.1) is 0 Å². The lowest BCUT2D eigenvalue weighted by Gasteiger charge is -2.43. The van der Waals surface area contributed by atoms with Crippen LogP contribution in [0.25, 0.3) is 5.53 Å². The smallest absolute Gasteiger partial charge is 0.259 e. The van der Waals surface area contributed by atoms with E-state index < -0.39 is 36.4 Å². The maximum absolute atomic E-state index is 12.9. The molecule has 0 bridgehead atoms. The molecule has 0 aromatic carbocycles. The van der Waals surface area contributed by atoms with Gasteiger partial charge in [0.25, 0.3) is 5.91 Å². The van der Waals surface area contributed by atoms with Gasteiger partial charge in [-0.15, -0.1) is 0 Å². The normalized spacial score (nSPS) is 23.5. The summed E-state index contributed by atoms with van der Waals surface area (Å²) in [7, 11) is 1.61. The molecule has 28 heavy (non-hydrogen) atoms. The van der Waals surface area contributed by atoms with Crippen molar-refractivity contribution in [3.8, 4) is 0 Å². The molecule has 0 aromatic rings. The molecule has 3 amide bonds. The van der Waals surface area contributed by atoms with Crippen molar-refractivity contribution >= 4 is 29.3 Å². The molecule has 2 rings (SSSR count). The number of likely N-dealkylation sites (N-methyl/N-ethyl adjacent to an activating group) is 1. The first-order valence-corrected chi connectivity index (χ1v) is 9.24. The van der Waals surface area contributed by atoms with Gasteiger partial charge >= 0.3 is 0 Å². The van der Waals surface area contributed by atoms with Gasteiger partial charge in [-0.05, 0) is 33.2 Å². The summed E-state index contributed by atoms with van der Waals surface area (Å²) < 4.78 is 0. The molecule has 0 spiro atoms. The molecule has 154 valence electrons. The van der Waals surface area contributed by atoms with Crippen molar-refractivity contribution in [1.29, 1.82) is 0 Å². The van der Waals surface area contributed by atoms with E-state index in [0.717, 1.165) is 0 Å². The standard InChI is InChI=1S/C17H25N6O5/c1-10(24)8-12(14(25)9-20-18)21-16(27)13-4-3-7-22-15(26)6-5-11(19-2)17(28)23(13)22/h11-13,19H,3-9H2,1-2H3,(H,21,27)/q-1/t11-,12-,13-/m0/s1. The van der Waals surface area contributed by atoms with Gasteiger partial charge in [-0.2, -0.15) is 0 Å². The Hall–Kier alpha value is -2.69. The van der Waals surface area contributed by atoms with Crippen LogP contribution >= 0.6 is 0 Å². The fourth-order valence-electron chi connectivity index (χ4n) is 3.52. The van der Waals surface area contributed by atoms with Crippen molar-refractivity contribution in [3.05, 3.63) is 5.53 Å². The molecule has 2 saturated heterocycles. The number of amides is 3. The van der Waals surface area contributed by atoms with E-state index in [1.807, 2.05) is 0 Å². The van der Waals surface area contributed by atoms with E-state index in [-0.39, 0.29) is 30.4 Å². The zero-order valence-electron chi connectivity index (χ0n) is 16.0. The molecule has 2 N–H and O–H groups in total. The minimum absolute atomic E-state index is 0.186. The minimum Gasteiger partial charge on any atom is -0.712 e. The monoisotopic (exact) mass is 393 g/mol. The van der Waals surface area contributed by atoms with Gasteiger partial charge in [0.1, 0.15) is 11.8 Å². The molecule has 11 heteroatoms. The minimum atomic E-state index is -1.16. The van der Waals surface area contributed by atoms with Crippen molar-refractivity contribution in [2.24, 2.45) is 5.11 Å². The largest absolute Gasteiger partial charge is 0.712 e. The van der Waals surface area contributed by atoms with Crippen LogP contribution in [-0.4, -0.2) is 77.6 Å². The Labute approximate surface area is 162 Å². The lowest BCUT2D eigenvalue weighted by atomic mass is 10.0. The molecule has 0 aromatic heterocycles. The van der Waals surface area contributed by atoms with Crippen LogP contribution in [0.1, 0.15) is 39.0 Å². The Balaban J connectivity index is 2.24. The predicted molar refractivity (Wildman–Crippen MR) is 96.6 cm³/mol. The molecule has 0 saturated carbocycles. The Morgan fingerprint density at radius 2 is 2.00 bits per heavy atom. The molecule has 2 aliphatic heterocycles. The van der Waals surface area contributed by atoms with Crippen LogP contribution in [0.3, 0.4) is 0 Å². The number of ketones is 2. The summed E-state index contributed by atoms with van der Waals surface area (Å²) in [4.78, 5) is 61.7. The molecular weight excluding hydrogens is 368 g/mol. The third-order valence-corrected chi connectivity index (χ3v) is 4.94. The number of carbonyl (C=O) groups excluding carboxylic acids is 5. The highest BCUT2D eigenvalue weighted by Gasteiger charge is 2.44. The van der Waals surface area contributed by atoms with Gasteiger partial charge in [0.2, 0.25) is 11.8 Å². The summed E-state index contributed by atoms with van der Waals surface area (Å²) >= 11 is 0. The number of nitrogens with zero attached hydrogens (tertiary/aromatic N) is 4. The van der Waals surface area contributed by atoms with Crippen molar-refractivity contribution < 1.29 is 24.0 Å². The first kappa shape index (κ1) is 21.6. The molecule has 2 heterocycles. The maximum Gasteiger partial charge on any atom is 0.259 e. The molecule has 2 aliphatic rings. The molecule has 0 aliphatic carbocycles. The van der Waals surface area contributed by atoms with Crippen molar-refractivity contribution in [3.63, 3.8) is 0 Å². The van der Waals surface area contributed by atoms with Gasteiger partial charge in [-0.1, -0.05) is 0 Å². The van der Waals surface area contributed by atoms with Gasteiger partial charge in [0.15, 0.2) is 5.78 Å². The maximum atomic E-state index is 12.9. The molecule has 0 radical (unpaired) electrons. The summed E-state index contributed by atoms with van der Waals surface area (Å²) in [5, 5.41) is 10.6. The van der Waals surface area contributed by atoms with Crippen molar-refractivity contribution in [1.82, 2.24) is 20.7 Å². The number of hydrogen-bond acceptors (Lipinski definition) is 7. The second kappa shape index (κ2) is 9.49. The van der Waals surface area contributed by atoms with Crippen LogP contribution < -0.4 is 10.6 Å². The van der Waals surface area contributed by atoms with Crippen LogP contribution in [0.2, 0.25) is 0 Å². The Kier molecular flexibility index (Phi) is 7.32. The van der Waals surface area contributed by atoms with Gasteiger partial charge in [-0.25, -0.2) is 5.01 Å². The van der Waals surface area contributed by atoms with Gasteiger partial charge in [0.05, 0.1) is 18.6 Å². The number of nitrogens with one attached hydrogen (secondary N) is 2. The second-order valence-electron chi connectivity index (χ2n) is 6.97. The number of hydrazine groups is 1. The molecule has 3 atom stereocenters. The average molecular weight is 393 g/mol. The number of Topliss-reactive ketones (excluding diaryl/α,β-unsaturated/α-hetero) is 2. The first-order valence-electron chi connectivity index (χ1n) is 9.24.